The maximum atomic E-state index is 13.2. The summed E-state index contributed by atoms with van der Waals surface area (Å²) >= 11 is 0. The highest BCUT2D eigenvalue weighted by atomic mass is 32.2. The van der Waals surface area contributed by atoms with Crippen molar-refractivity contribution in [1.29, 1.82) is 0 Å². The van der Waals surface area contributed by atoms with E-state index >= 15 is 0 Å². The summed E-state index contributed by atoms with van der Waals surface area (Å²) in [5.41, 5.74) is 0. The first-order chi connectivity index (χ1) is 12.0. The topological polar surface area (TPSA) is 97.2 Å². The van der Waals surface area contributed by atoms with Crippen molar-refractivity contribution in [3.05, 3.63) is 42.5 Å². The van der Waals surface area contributed by atoms with Crippen LogP contribution in [-0.2, 0) is 14.8 Å². The highest BCUT2D eigenvalue weighted by Gasteiger charge is 2.25. The van der Waals surface area contributed by atoms with Gasteiger partial charge in [0.1, 0.15) is 5.82 Å². The predicted octanol–water partition coefficient (Wildman–Crippen LogP) is 0.559. The molecule has 0 saturated carbocycles. The monoisotopic (exact) mass is 367 g/mol. The van der Waals surface area contributed by atoms with Crippen molar-refractivity contribution >= 4 is 15.9 Å². The SMILES string of the molecule is O=C(CNS(=O)(=O)c1cccc(F)c1)N1CCC(n2ccnn2)CC1. The average molecular weight is 367 g/mol. The highest BCUT2D eigenvalue weighted by Crippen LogP contribution is 2.21. The largest absolute Gasteiger partial charge is 0.341 e. The molecule has 1 aliphatic rings. The number of likely N-dealkylation sites (tertiary alicyclic amines) is 1. The van der Waals surface area contributed by atoms with Gasteiger partial charge in [-0.25, -0.2) is 22.2 Å². The second-order valence-corrected chi connectivity index (χ2v) is 7.54. The molecule has 1 aliphatic heterocycles. The van der Waals surface area contributed by atoms with Crippen LogP contribution in [0.1, 0.15) is 18.9 Å². The van der Waals surface area contributed by atoms with Gasteiger partial charge >= 0.3 is 0 Å². The third-order valence-electron chi connectivity index (χ3n) is 4.15. The number of nitrogens with one attached hydrogen (secondary N) is 1. The van der Waals surface area contributed by atoms with E-state index in [-0.39, 0.29) is 23.4 Å². The van der Waals surface area contributed by atoms with Gasteiger partial charge in [-0.05, 0) is 31.0 Å². The lowest BCUT2D eigenvalue weighted by Gasteiger charge is -2.31. The Morgan fingerprint density at radius 3 is 2.72 bits per heavy atom. The molecule has 2 aromatic rings. The molecule has 1 saturated heterocycles. The smallest absolute Gasteiger partial charge is 0.241 e. The molecular formula is C15H18FN5O3S. The van der Waals surface area contributed by atoms with E-state index in [4.69, 9.17) is 0 Å². The summed E-state index contributed by atoms with van der Waals surface area (Å²) in [7, 11) is -3.92. The van der Waals surface area contributed by atoms with Gasteiger partial charge in [-0.3, -0.25) is 4.79 Å². The Morgan fingerprint density at radius 2 is 2.08 bits per heavy atom. The number of piperidine rings is 1. The normalized spacial score (nSPS) is 16.1. The van der Waals surface area contributed by atoms with Crippen molar-refractivity contribution in [2.75, 3.05) is 19.6 Å². The van der Waals surface area contributed by atoms with Crippen LogP contribution in [0.4, 0.5) is 4.39 Å². The van der Waals surface area contributed by atoms with Crippen LogP contribution in [0.3, 0.4) is 0 Å². The van der Waals surface area contributed by atoms with E-state index in [1.54, 1.807) is 22.0 Å². The first kappa shape index (κ1) is 17.5. The minimum atomic E-state index is -3.92. The van der Waals surface area contributed by atoms with E-state index in [0.717, 1.165) is 25.0 Å². The Labute approximate surface area is 144 Å². The summed E-state index contributed by atoms with van der Waals surface area (Å²) in [6.07, 6.45) is 4.85. The van der Waals surface area contributed by atoms with Crippen molar-refractivity contribution in [3.8, 4) is 0 Å². The highest BCUT2D eigenvalue weighted by molar-refractivity contribution is 7.89. The van der Waals surface area contributed by atoms with E-state index in [0.29, 0.717) is 13.1 Å². The number of halogens is 1. The van der Waals surface area contributed by atoms with E-state index < -0.39 is 15.8 Å². The molecule has 25 heavy (non-hydrogen) atoms. The molecule has 0 aliphatic carbocycles. The molecule has 1 aromatic heterocycles. The number of hydrogen-bond acceptors (Lipinski definition) is 5. The third-order valence-corrected chi connectivity index (χ3v) is 5.55. The van der Waals surface area contributed by atoms with Crippen LogP contribution in [-0.4, -0.2) is 53.9 Å². The number of rotatable bonds is 5. The van der Waals surface area contributed by atoms with E-state index in [9.17, 15) is 17.6 Å². The molecule has 1 N–H and O–H groups in total. The summed E-state index contributed by atoms with van der Waals surface area (Å²) in [6, 6.07) is 4.84. The summed E-state index contributed by atoms with van der Waals surface area (Å²) in [5.74, 6) is -0.957. The predicted molar refractivity (Wildman–Crippen MR) is 86.5 cm³/mol. The van der Waals surface area contributed by atoms with Gasteiger partial charge < -0.3 is 4.90 Å². The third kappa shape index (κ3) is 4.20. The minimum Gasteiger partial charge on any atom is -0.341 e. The number of carbonyl (C=O) groups excluding carboxylic acids is 1. The fourth-order valence-electron chi connectivity index (χ4n) is 2.78. The minimum absolute atomic E-state index is 0.190. The summed E-state index contributed by atoms with van der Waals surface area (Å²) in [4.78, 5) is 13.6. The Morgan fingerprint density at radius 1 is 1.32 bits per heavy atom. The van der Waals surface area contributed by atoms with Crippen molar-refractivity contribution in [2.45, 2.75) is 23.8 Å². The Bertz CT molecular complexity index is 833. The second-order valence-electron chi connectivity index (χ2n) is 5.78. The summed E-state index contributed by atoms with van der Waals surface area (Å²) in [6.45, 7) is 0.683. The van der Waals surface area contributed by atoms with Crippen molar-refractivity contribution < 1.29 is 17.6 Å². The quantitative estimate of drug-likeness (QED) is 0.833. The fraction of sp³-hybridized carbons (Fsp3) is 0.400. The number of aromatic nitrogens is 3. The van der Waals surface area contributed by atoms with Gasteiger partial charge in [-0.2, -0.15) is 0 Å². The van der Waals surface area contributed by atoms with Gasteiger partial charge in [-0.1, -0.05) is 11.3 Å². The van der Waals surface area contributed by atoms with Crippen molar-refractivity contribution in [2.24, 2.45) is 0 Å². The van der Waals surface area contributed by atoms with Gasteiger partial charge in [0.25, 0.3) is 0 Å². The molecule has 10 heteroatoms. The van der Waals surface area contributed by atoms with Crippen LogP contribution in [0, 0.1) is 5.82 Å². The summed E-state index contributed by atoms with van der Waals surface area (Å²) < 4.78 is 41.4. The Hall–Kier alpha value is -2.33. The van der Waals surface area contributed by atoms with Gasteiger partial charge in [0, 0.05) is 19.3 Å². The first-order valence-electron chi connectivity index (χ1n) is 7.84. The second kappa shape index (κ2) is 7.28. The lowest BCUT2D eigenvalue weighted by Crippen LogP contribution is -2.44. The molecule has 1 aromatic carbocycles. The maximum absolute atomic E-state index is 13.2. The molecule has 1 fully saturated rings. The van der Waals surface area contributed by atoms with Crippen LogP contribution in [0.25, 0.3) is 0 Å². The standard InChI is InChI=1S/C15H18FN5O3S/c16-12-2-1-3-14(10-12)25(23,24)18-11-15(22)20-7-4-13(5-8-20)21-9-6-17-19-21/h1-3,6,9-10,13,18H,4-5,7-8,11H2. The maximum Gasteiger partial charge on any atom is 0.241 e. The molecule has 0 unspecified atom stereocenters. The molecule has 1 amide bonds. The van der Waals surface area contributed by atoms with Crippen molar-refractivity contribution in [3.63, 3.8) is 0 Å². The zero-order valence-electron chi connectivity index (χ0n) is 13.4. The van der Waals surface area contributed by atoms with Crippen LogP contribution >= 0.6 is 0 Å². The number of carbonyl (C=O) groups is 1. The molecule has 3 rings (SSSR count). The lowest BCUT2D eigenvalue weighted by atomic mass is 10.1. The van der Waals surface area contributed by atoms with E-state index in [1.165, 1.54) is 12.1 Å². The van der Waals surface area contributed by atoms with Gasteiger partial charge in [0.2, 0.25) is 15.9 Å². The zero-order chi connectivity index (χ0) is 17.9. The molecule has 0 atom stereocenters. The van der Waals surface area contributed by atoms with Crippen LogP contribution in [0.2, 0.25) is 0 Å². The molecule has 0 bridgehead atoms. The number of sulfonamides is 1. The first-order valence-corrected chi connectivity index (χ1v) is 9.33. The van der Waals surface area contributed by atoms with Crippen molar-refractivity contribution in [1.82, 2.24) is 24.6 Å². The van der Waals surface area contributed by atoms with E-state index in [2.05, 4.69) is 15.0 Å². The molecule has 0 spiro atoms. The summed E-state index contributed by atoms with van der Waals surface area (Å²) in [5, 5.41) is 7.73. The molecule has 134 valence electrons. The number of hydrogen-bond donors (Lipinski definition) is 1. The molecule has 0 radical (unpaired) electrons. The fourth-order valence-corrected chi connectivity index (χ4v) is 3.78. The molecular weight excluding hydrogens is 349 g/mol. The zero-order valence-corrected chi connectivity index (χ0v) is 14.2. The number of nitrogens with zero attached hydrogens (tertiary/aromatic N) is 4. The van der Waals surface area contributed by atoms with Gasteiger partial charge in [0.05, 0.1) is 23.7 Å². The molecule has 2 heterocycles. The lowest BCUT2D eigenvalue weighted by molar-refractivity contribution is -0.131. The van der Waals surface area contributed by atoms with Crippen LogP contribution in [0.15, 0.2) is 41.6 Å². The number of amides is 1. The van der Waals surface area contributed by atoms with Crippen LogP contribution < -0.4 is 4.72 Å². The van der Waals surface area contributed by atoms with Gasteiger partial charge in [-0.15, -0.1) is 5.10 Å². The van der Waals surface area contributed by atoms with Gasteiger partial charge in [0.15, 0.2) is 0 Å². The Kier molecular flexibility index (Phi) is 5.09. The molecule has 8 nitrogen and oxygen atoms in total. The Balaban J connectivity index is 1.53. The van der Waals surface area contributed by atoms with Crippen LogP contribution in [0.5, 0.6) is 0 Å². The average Bonchev–Trinajstić information content (AvgIpc) is 3.14. The number of benzene rings is 1. The van der Waals surface area contributed by atoms with E-state index in [1.807, 2.05) is 0 Å².